The fourth-order valence-electron chi connectivity index (χ4n) is 2.07. The van der Waals surface area contributed by atoms with Crippen molar-refractivity contribution in [3.63, 3.8) is 0 Å². The summed E-state index contributed by atoms with van der Waals surface area (Å²) in [5.41, 5.74) is 1.55. The fourth-order valence-corrected chi connectivity index (χ4v) is 2.82. The second-order valence-electron chi connectivity index (χ2n) is 5.99. The smallest absolute Gasteiger partial charge is 0.251 e. The number of hydrogen-bond donors (Lipinski definition) is 2. The molecule has 26 heavy (non-hydrogen) atoms. The molecular weight excluding hydrogens is 348 g/mol. The molecule has 2 N–H and O–H groups in total. The van der Waals surface area contributed by atoms with Gasteiger partial charge in [0.25, 0.3) is 5.91 Å². The van der Waals surface area contributed by atoms with E-state index >= 15 is 0 Å². The third kappa shape index (κ3) is 6.15. The molecule has 0 saturated heterocycles. The van der Waals surface area contributed by atoms with E-state index in [2.05, 4.69) is 20.6 Å². The molecule has 0 fully saturated rings. The van der Waals surface area contributed by atoms with Gasteiger partial charge in [0.05, 0.1) is 5.25 Å². The van der Waals surface area contributed by atoms with Crippen LogP contribution in [0.15, 0.2) is 47.9 Å². The van der Waals surface area contributed by atoms with E-state index in [-0.39, 0.29) is 23.1 Å². The number of thioether (sulfide) groups is 1. The van der Waals surface area contributed by atoms with Gasteiger partial charge in [-0.25, -0.2) is 9.97 Å². The van der Waals surface area contributed by atoms with E-state index in [1.165, 1.54) is 11.8 Å². The number of aromatic nitrogens is 2. The summed E-state index contributed by atoms with van der Waals surface area (Å²) in [6.45, 7) is 6.23. The SMILES string of the molecule is CC[C@H](C)NC(=O)c1ccc(CNC(=O)[C@H](C)Sc2ncccn2)cc1. The van der Waals surface area contributed by atoms with E-state index < -0.39 is 0 Å². The molecule has 1 aromatic heterocycles. The maximum absolute atomic E-state index is 12.2. The number of nitrogens with one attached hydrogen (secondary N) is 2. The number of hydrogen-bond acceptors (Lipinski definition) is 5. The minimum absolute atomic E-state index is 0.0807. The molecule has 6 nitrogen and oxygen atoms in total. The number of nitrogens with zero attached hydrogens (tertiary/aromatic N) is 2. The predicted octanol–water partition coefficient (Wildman–Crippen LogP) is 2.80. The van der Waals surface area contributed by atoms with Crippen molar-refractivity contribution in [1.29, 1.82) is 0 Å². The molecule has 0 aliphatic carbocycles. The first-order chi connectivity index (χ1) is 12.5. The van der Waals surface area contributed by atoms with Crippen LogP contribution in [0.5, 0.6) is 0 Å². The van der Waals surface area contributed by atoms with E-state index in [0.29, 0.717) is 17.3 Å². The van der Waals surface area contributed by atoms with Crippen LogP contribution in [0.1, 0.15) is 43.1 Å². The summed E-state index contributed by atoms with van der Waals surface area (Å²) in [6, 6.07) is 9.13. The standard InChI is InChI=1S/C19H24N4O2S/c1-4-13(2)23-18(25)16-8-6-15(7-9-16)12-22-17(24)14(3)26-19-20-10-5-11-21-19/h5-11,13-14H,4,12H2,1-3H3,(H,22,24)(H,23,25)/t13-,14-/m0/s1. The van der Waals surface area contributed by atoms with Gasteiger partial charge >= 0.3 is 0 Å². The first kappa shape index (κ1) is 19.9. The topological polar surface area (TPSA) is 84.0 Å². The van der Waals surface area contributed by atoms with E-state index in [1.807, 2.05) is 32.9 Å². The Balaban J connectivity index is 1.83. The fraction of sp³-hybridized carbons (Fsp3) is 0.368. The Morgan fingerprint density at radius 3 is 2.38 bits per heavy atom. The molecule has 0 spiro atoms. The molecule has 0 aliphatic rings. The van der Waals surface area contributed by atoms with Gasteiger partial charge in [-0.2, -0.15) is 0 Å². The van der Waals surface area contributed by atoms with Gasteiger partial charge in [-0.05, 0) is 44.0 Å². The average molecular weight is 372 g/mol. The molecule has 0 bridgehead atoms. The Bertz CT molecular complexity index is 722. The maximum atomic E-state index is 12.2. The van der Waals surface area contributed by atoms with Gasteiger partial charge in [-0.15, -0.1) is 0 Å². The lowest BCUT2D eigenvalue weighted by Crippen LogP contribution is -2.32. The molecule has 1 heterocycles. The lowest BCUT2D eigenvalue weighted by molar-refractivity contribution is -0.120. The summed E-state index contributed by atoms with van der Waals surface area (Å²) in [5.74, 6) is -0.163. The Labute approximate surface area is 158 Å². The van der Waals surface area contributed by atoms with Crippen LogP contribution < -0.4 is 10.6 Å². The number of benzene rings is 1. The van der Waals surface area contributed by atoms with E-state index in [0.717, 1.165) is 12.0 Å². The van der Waals surface area contributed by atoms with Crippen LogP contribution in [0.25, 0.3) is 0 Å². The molecule has 1 aromatic carbocycles. The van der Waals surface area contributed by atoms with Gasteiger partial charge < -0.3 is 10.6 Å². The number of amides is 2. The van der Waals surface area contributed by atoms with Crippen molar-refractivity contribution in [2.75, 3.05) is 0 Å². The molecule has 0 saturated carbocycles. The van der Waals surface area contributed by atoms with Crippen LogP contribution in [0, 0.1) is 0 Å². The second-order valence-corrected chi connectivity index (χ2v) is 7.30. The molecule has 0 aliphatic heterocycles. The van der Waals surface area contributed by atoms with Crippen molar-refractivity contribution in [2.24, 2.45) is 0 Å². The van der Waals surface area contributed by atoms with Gasteiger partial charge in [0.15, 0.2) is 5.16 Å². The molecule has 2 atom stereocenters. The average Bonchev–Trinajstić information content (AvgIpc) is 2.67. The van der Waals surface area contributed by atoms with Crippen molar-refractivity contribution in [1.82, 2.24) is 20.6 Å². The number of rotatable bonds is 8. The van der Waals surface area contributed by atoms with Gasteiger partial charge in [0.1, 0.15) is 0 Å². The van der Waals surface area contributed by atoms with Gasteiger partial charge in [0.2, 0.25) is 5.91 Å². The minimum atomic E-state index is -0.294. The van der Waals surface area contributed by atoms with Gasteiger partial charge in [0, 0.05) is 30.5 Å². The van der Waals surface area contributed by atoms with Gasteiger partial charge in [-0.3, -0.25) is 9.59 Å². The lowest BCUT2D eigenvalue weighted by Gasteiger charge is -2.12. The van der Waals surface area contributed by atoms with E-state index in [4.69, 9.17) is 0 Å². The molecule has 138 valence electrons. The molecule has 0 unspecified atom stereocenters. The summed E-state index contributed by atoms with van der Waals surface area (Å²) in [4.78, 5) is 32.5. The molecule has 0 radical (unpaired) electrons. The minimum Gasteiger partial charge on any atom is -0.351 e. The van der Waals surface area contributed by atoms with Crippen molar-refractivity contribution < 1.29 is 9.59 Å². The van der Waals surface area contributed by atoms with E-state index in [9.17, 15) is 9.59 Å². The Kier molecular flexibility index (Phi) is 7.59. The van der Waals surface area contributed by atoms with Crippen molar-refractivity contribution in [3.8, 4) is 0 Å². The number of carbonyl (C=O) groups is 2. The Hall–Kier alpha value is -2.41. The summed E-state index contributed by atoms with van der Waals surface area (Å²) in [6.07, 6.45) is 4.19. The molecule has 7 heteroatoms. The Morgan fingerprint density at radius 1 is 1.12 bits per heavy atom. The maximum Gasteiger partial charge on any atom is 0.251 e. The van der Waals surface area contributed by atoms with Crippen molar-refractivity contribution in [2.45, 2.75) is 50.2 Å². The third-order valence-electron chi connectivity index (χ3n) is 3.87. The monoisotopic (exact) mass is 372 g/mol. The summed E-state index contributed by atoms with van der Waals surface area (Å²) in [5, 5.41) is 6.11. The summed E-state index contributed by atoms with van der Waals surface area (Å²) in [7, 11) is 0. The highest BCUT2D eigenvalue weighted by Crippen LogP contribution is 2.18. The van der Waals surface area contributed by atoms with Crippen LogP contribution in [0.2, 0.25) is 0 Å². The largest absolute Gasteiger partial charge is 0.351 e. The molecule has 2 amide bonds. The van der Waals surface area contributed by atoms with Crippen LogP contribution in [0.3, 0.4) is 0 Å². The zero-order valence-electron chi connectivity index (χ0n) is 15.2. The normalized spacial score (nSPS) is 12.9. The van der Waals surface area contributed by atoms with Gasteiger partial charge in [-0.1, -0.05) is 30.8 Å². The highest BCUT2D eigenvalue weighted by atomic mass is 32.2. The highest BCUT2D eigenvalue weighted by molar-refractivity contribution is 8.00. The van der Waals surface area contributed by atoms with E-state index in [1.54, 1.807) is 30.6 Å². The molecule has 2 rings (SSSR count). The third-order valence-corrected chi connectivity index (χ3v) is 4.86. The second kappa shape index (κ2) is 9.91. The highest BCUT2D eigenvalue weighted by Gasteiger charge is 2.15. The zero-order chi connectivity index (χ0) is 18.9. The van der Waals surface area contributed by atoms with Crippen LogP contribution >= 0.6 is 11.8 Å². The lowest BCUT2D eigenvalue weighted by atomic mass is 10.1. The van der Waals surface area contributed by atoms with Crippen LogP contribution in [0.4, 0.5) is 0 Å². The summed E-state index contributed by atoms with van der Waals surface area (Å²) >= 11 is 1.31. The zero-order valence-corrected chi connectivity index (χ0v) is 16.0. The molecular formula is C19H24N4O2S. The Morgan fingerprint density at radius 2 is 1.77 bits per heavy atom. The van der Waals surface area contributed by atoms with Crippen molar-refractivity contribution in [3.05, 3.63) is 53.9 Å². The summed E-state index contributed by atoms with van der Waals surface area (Å²) < 4.78 is 0. The van der Waals surface area contributed by atoms with Crippen LogP contribution in [-0.2, 0) is 11.3 Å². The van der Waals surface area contributed by atoms with Crippen molar-refractivity contribution >= 4 is 23.6 Å². The quantitative estimate of drug-likeness (QED) is 0.550. The first-order valence-electron chi connectivity index (χ1n) is 8.60. The first-order valence-corrected chi connectivity index (χ1v) is 9.48. The number of carbonyl (C=O) groups excluding carboxylic acids is 2. The molecule has 2 aromatic rings. The van der Waals surface area contributed by atoms with Crippen LogP contribution in [-0.4, -0.2) is 33.1 Å². The predicted molar refractivity (Wildman–Crippen MR) is 103 cm³/mol.